The molecule has 1 fully saturated rings. The van der Waals surface area contributed by atoms with E-state index in [0.717, 1.165) is 30.5 Å². The molecule has 1 aliphatic rings. The van der Waals surface area contributed by atoms with Gasteiger partial charge in [-0.2, -0.15) is 0 Å². The highest BCUT2D eigenvalue weighted by Gasteiger charge is 2.20. The minimum absolute atomic E-state index is 0.818. The molecule has 1 aliphatic carbocycles. The van der Waals surface area contributed by atoms with E-state index in [9.17, 15) is 0 Å². The van der Waals surface area contributed by atoms with Crippen molar-refractivity contribution in [1.29, 1.82) is 0 Å². The van der Waals surface area contributed by atoms with Gasteiger partial charge < -0.3 is 10.6 Å². The molecule has 2 nitrogen and oxygen atoms in total. The third-order valence-corrected chi connectivity index (χ3v) is 2.07. The molecule has 0 saturated heterocycles. The van der Waals surface area contributed by atoms with Crippen molar-refractivity contribution in [1.82, 2.24) is 10.6 Å². The van der Waals surface area contributed by atoms with Gasteiger partial charge in [-0.3, -0.25) is 0 Å². The molecule has 0 aromatic carbocycles. The highest BCUT2D eigenvalue weighted by molar-refractivity contribution is 7.80. The van der Waals surface area contributed by atoms with Crippen molar-refractivity contribution in [2.75, 3.05) is 13.1 Å². The Hall–Kier alpha value is -0.310. The van der Waals surface area contributed by atoms with Gasteiger partial charge in [-0.15, -0.1) is 0 Å². The van der Waals surface area contributed by atoms with Crippen LogP contribution in [0.2, 0.25) is 0 Å². The van der Waals surface area contributed by atoms with Gasteiger partial charge in [0.25, 0.3) is 0 Å². The SMILES string of the molecule is CCCNC(=S)NCC1CC1. The molecule has 1 saturated carbocycles. The molecule has 2 N–H and O–H groups in total. The summed E-state index contributed by atoms with van der Waals surface area (Å²) in [5.74, 6) is 0.899. The standard InChI is InChI=1S/C8H16N2S/c1-2-5-9-8(11)10-6-7-3-4-7/h7H,2-6H2,1H3,(H2,9,10,11). The topological polar surface area (TPSA) is 24.1 Å². The third kappa shape index (κ3) is 4.19. The summed E-state index contributed by atoms with van der Waals surface area (Å²) >= 11 is 5.04. The van der Waals surface area contributed by atoms with E-state index >= 15 is 0 Å². The first kappa shape index (κ1) is 8.78. The fraction of sp³-hybridized carbons (Fsp3) is 0.875. The van der Waals surface area contributed by atoms with Crippen molar-refractivity contribution in [3.8, 4) is 0 Å². The first-order chi connectivity index (χ1) is 5.33. The molecule has 1 rings (SSSR count). The summed E-state index contributed by atoms with van der Waals surface area (Å²) in [6.45, 7) is 4.18. The predicted octanol–water partition coefficient (Wildman–Crippen LogP) is 1.27. The highest BCUT2D eigenvalue weighted by Crippen LogP contribution is 2.27. The monoisotopic (exact) mass is 172 g/mol. The maximum Gasteiger partial charge on any atom is 0.166 e. The lowest BCUT2D eigenvalue weighted by atomic mass is 10.4. The summed E-state index contributed by atoms with van der Waals surface area (Å²) in [6, 6.07) is 0. The Morgan fingerprint density at radius 3 is 2.73 bits per heavy atom. The highest BCUT2D eigenvalue weighted by atomic mass is 32.1. The van der Waals surface area contributed by atoms with Gasteiger partial charge in [-0.05, 0) is 37.4 Å². The van der Waals surface area contributed by atoms with E-state index in [1.807, 2.05) is 0 Å². The zero-order valence-corrected chi connectivity index (χ0v) is 7.84. The van der Waals surface area contributed by atoms with E-state index in [-0.39, 0.29) is 0 Å². The minimum Gasteiger partial charge on any atom is -0.363 e. The average molecular weight is 172 g/mol. The lowest BCUT2D eigenvalue weighted by Gasteiger charge is -2.07. The lowest BCUT2D eigenvalue weighted by Crippen LogP contribution is -2.36. The normalized spacial score (nSPS) is 16.1. The van der Waals surface area contributed by atoms with Crippen LogP contribution in [0.5, 0.6) is 0 Å². The van der Waals surface area contributed by atoms with Crippen molar-refractivity contribution in [3.63, 3.8) is 0 Å². The molecule has 64 valence electrons. The van der Waals surface area contributed by atoms with Crippen LogP contribution in [0.3, 0.4) is 0 Å². The molecule has 0 atom stereocenters. The zero-order valence-electron chi connectivity index (χ0n) is 7.02. The second kappa shape index (κ2) is 4.54. The molecule has 0 bridgehead atoms. The molecular weight excluding hydrogens is 156 g/mol. The van der Waals surface area contributed by atoms with E-state index in [1.165, 1.54) is 12.8 Å². The van der Waals surface area contributed by atoms with E-state index in [1.54, 1.807) is 0 Å². The van der Waals surface area contributed by atoms with Crippen molar-refractivity contribution < 1.29 is 0 Å². The fourth-order valence-electron chi connectivity index (χ4n) is 0.860. The first-order valence-corrected chi connectivity index (χ1v) is 4.75. The van der Waals surface area contributed by atoms with Gasteiger partial charge in [0, 0.05) is 13.1 Å². The summed E-state index contributed by atoms with van der Waals surface area (Å²) in [6.07, 6.45) is 3.89. The maximum atomic E-state index is 5.04. The van der Waals surface area contributed by atoms with E-state index in [0.29, 0.717) is 0 Å². The number of rotatable bonds is 4. The second-order valence-electron chi connectivity index (χ2n) is 3.08. The largest absolute Gasteiger partial charge is 0.363 e. The van der Waals surface area contributed by atoms with Gasteiger partial charge in [0.2, 0.25) is 0 Å². The summed E-state index contributed by atoms with van der Waals surface area (Å²) in [7, 11) is 0. The third-order valence-electron chi connectivity index (χ3n) is 1.78. The van der Waals surface area contributed by atoms with Crippen LogP contribution in [-0.4, -0.2) is 18.2 Å². The van der Waals surface area contributed by atoms with Crippen molar-refractivity contribution in [2.24, 2.45) is 5.92 Å². The van der Waals surface area contributed by atoms with Crippen molar-refractivity contribution in [3.05, 3.63) is 0 Å². The van der Waals surface area contributed by atoms with Crippen LogP contribution >= 0.6 is 12.2 Å². The van der Waals surface area contributed by atoms with E-state index < -0.39 is 0 Å². The Labute approximate surface area is 73.7 Å². The summed E-state index contributed by atoms with van der Waals surface area (Å²) in [4.78, 5) is 0. The number of hydrogen-bond acceptors (Lipinski definition) is 1. The van der Waals surface area contributed by atoms with Crippen LogP contribution in [-0.2, 0) is 0 Å². The first-order valence-electron chi connectivity index (χ1n) is 4.34. The van der Waals surface area contributed by atoms with Gasteiger partial charge in [-0.1, -0.05) is 6.92 Å². The Balaban J connectivity index is 1.91. The molecular formula is C8H16N2S. The molecule has 0 heterocycles. The van der Waals surface area contributed by atoms with Crippen molar-refractivity contribution in [2.45, 2.75) is 26.2 Å². The maximum absolute atomic E-state index is 5.04. The smallest absolute Gasteiger partial charge is 0.166 e. The van der Waals surface area contributed by atoms with E-state index in [2.05, 4.69) is 17.6 Å². The van der Waals surface area contributed by atoms with Gasteiger partial charge in [0.05, 0.1) is 0 Å². The van der Waals surface area contributed by atoms with Crippen LogP contribution < -0.4 is 10.6 Å². The van der Waals surface area contributed by atoms with Crippen LogP contribution in [0.15, 0.2) is 0 Å². The quantitative estimate of drug-likeness (QED) is 0.625. The molecule has 3 heteroatoms. The van der Waals surface area contributed by atoms with Gasteiger partial charge in [0.15, 0.2) is 5.11 Å². The molecule has 0 aliphatic heterocycles. The molecule has 0 spiro atoms. The molecule has 0 radical (unpaired) electrons. The lowest BCUT2D eigenvalue weighted by molar-refractivity contribution is 0.743. The number of thiocarbonyl (C=S) groups is 1. The fourth-order valence-corrected chi connectivity index (χ4v) is 1.05. The number of nitrogens with one attached hydrogen (secondary N) is 2. The Kier molecular flexibility index (Phi) is 3.63. The summed E-state index contributed by atoms with van der Waals surface area (Å²) in [5, 5.41) is 7.15. The number of hydrogen-bond donors (Lipinski definition) is 2. The summed E-state index contributed by atoms with van der Waals surface area (Å²) in [5.41, 5.74) is 0. The molecule has 0 aromatic rings. The second-order valence-corrected chi connectivity index (χ2v) is 3.49. The van der Waals surface area contributed by atoms with Crippen LogP contribution in [0, 0.1) is 5.92 Å². The Bertz CT molecular complexity index is 132. The van der Waals surface area contributed by atoms with E-state index in [4.69, 9.17) is 12.2 Å². The predicted molar refractivity (Wildman–Crippen MR) is 51.6 cm³/mol. The summed E-state index contributed by atoms with van der Waals surface area (Å²) < 4.78 is 0. The van der Waals surface area contributed by atoms with Gasteiger partial charge in [0.1, 0.15) is 0 Å². The molecule has 0 aromatic heterocycles. The zero-order chi connectivity index (χ0) is 8.10. The van der Waals surface area contributed by atoms with Gasteiger partial charge in [-0.25, -0.2) is 0 Å². The van der Waals surface area contributed by atoms with Crippen LogP contribution in [0.25, 0.3) is 0 Å². The Morgan fingerprint density at radius 1 is 1.45 bits per heavy atom. The molecule has 11 heavy (non-hydrogen) atoms. The minimum atomic E-state index is 0.818. The molecule has 0 amide bonds. The van der Waals surface area contributed by atoms with Crippen LogP contribution in [0.1, 0.15) is 26.2 Å². The molecule has 0 unspecified atom stereocenters. The average Bonchev–Trinajstić information content (AvgIpc) is 2.80. The Morgan fingerprint density at radius 2 is 2.18 bits per heavy atom. The van der Waals surface area contributed by atoms with Gasteiger partial charge >= 0.3 is 0 Å². The van der Waals surface area contributed by atoms with Crippen LogP contribution in [0.4, 0.5) is 0 Å². The van der Waals surface area contributed by atoms with Crippen molar-refractivity contribution >= 4 is 17.3 Å².